The summed E-state index contributed by atoms with van der Waals surface area (Å²) < 4.78 is 8.44. The van der Waals surface area contributed by atoms with Gasteiger partial charge >= 0.3 is 0 Å². The van der Waals surface area contributed by atoms with Gasteiger partial charge in [0, 0.05) is 20.7 Å². The first-order valence-corrected chi connectivity index (χ1v) is 12.8. The van der Waals surface area contributed by atoms with Gasteiger partial charge < -0.3 is 4.74 Å². The van der Waals surface area contributed by atoms with Gasteiger partial charge in [0.25, 0.3) is 5.91 Å². The maximum absolute atomic E-state index is 12.4. The number of benzene rings is 3. The second kappa shape index (κ2) is 12.0. The van der Waals surface area contributed by atoms with E-state index in [1.807, 2.05) is 72.2 Å². The fourth-order valence-electron chi connectivity index (χ4n) is 3.13. The van der Waals surface area contributed by atoms with Crippen molar-refractivity contribution < 1.29 is 9.53 Å². The van der Waals surface area contributed by atoms with Crippen LogP contribution >= 0.6 is 39.3 Å². The Morgan fingerprint density at radius 1 is 1.09 bits per heavy atom. The van der Waals surface area contributed by atoms with Gasteiger partial charge in [0.05, 0.1) is 18.6 Å². The molecule has 1 amide bonds. The molecule has 0 fully saturated rings. The minimum absolute atomic E-state index is 0.119. The van der Waals surface area contributed by atoms with Crippen molar-refractivity contribution in [2.45, 2.75) is 12.1 Å². The summed E-state index contributed by atoms with van der Waals surface area (Å²) in [5, 5.41) is 14.0. The van der Waals surface area contributed by atoms with Crippen molar-refractivity contribution in [2.75, 3.05) is 12.4 Å². The van der Waals surface area contributed by atoms with Gasteiger partial charge in [-0.15, -0.1) is 10.2 Å². The zero-order chi connectivity index (χ0) is 24.6. The molecule has 0 saturated heterocycles. The molecule has 0 bridgehead atoms. The number of amides is 1. The van der Waals surface area contributed by atoms with E-state index < -0.39 is 0 Å². The summed E-state index contributed by atoms with van der Waals surface area (Å²) >= 11 is 10.7. The first-order valence-electron chi connectivity index (χ1n) is 10.7. The highest BCUT2D eigenvalue weighted by Crippen LogP contribution is 2.29. The average Bonchev–Trinajstić information content (AvgIpc) is 3.29. The molecule has 7 nitrogen and oxygen atoms in total. The molecule has 0 aliphatic heterocycles. The number of rotatable bonds is 9. The lowest BCUT2D eigenvalue weighted by atomic mass is 10.2. The SMILES string of the molecule is CCOc1ccc(-n2c(SCC(=O)N/N=C\c3ccc(Br)cc3)nnc2-c2ccc(Cl)cc2)cc1. The molecule has 35 heavy (non-hydrogen) atoms. The van der Waals surface area contributed by atoms with E-state index in [2.05, 4.69) is 36.7 Å². The average molecular weight is 571 g/mol. The molecule has 1 N–H and O–H groups in total. The molecule has 0 atom stereocenters. The number of aromatic nitrogens is 3. The van der Waals surface area contributed by atoms with Crippen LogP contribution in [0.1, 0.15) is 12.5 Å². The maximum Gasteiger partial charge on any atom is 0.250 e. The van der Waals surface area contributed by atoms with Crippen molar-refractivity contribution in [3.8, 4) is 22.8 Å². The number of thioether (sulfide) groups is 1. The Hall–Kier alpha value is -3.14. The van der Waals surface area contributed by atoms with Crippen LogP contribution in [0.3, 0.4) is 0 Å². The zero-order valence-electron chi connectivity index (χ0n) is 18.7. The molecule has 0 unspecified atom stereocenters. The largest absolute Gasteiger partial charge is 0.494 e. The standard InChI is InChI=1S/C25H21BrClN5O2S/c1-2-34-22-13-11-21(12-14-22)32-24(18-5-9-20(27)10-6-18)30-31-25(32)35-16-23(33)29-28-15-17-3-7-19(26)8-4-17/h3-15H,2,16H2,1H3,(H,29,33)/b28-15-. The predicted molar refractivity (Wildman–Crippen MR) is 144 cm³/mol. The molecule has 0 saturated carbocycles. The number of carbonyl (C=O) groups excluding carboxylic acids is 1. The van der Waals surface area contributed by atoms with Crippen molar-refractivity contribution in [3.63, 3.8) is 0 Å². The van der Waals surface area contributed by atoms with Gasteiger partial charge in [-0.1, -0.05) is 51.4 Å². The summed E-state index contributed by atoms with van der Waals surface area (Å²) in [6, 6.07) is 22.6. The van der Waals surface area contributed by atoms with Crippen LogP contribution in [0.25, 0.3) is 17.1 Å². The highest BCUT2D eigenvalue weighted by Gasteiger charge is 2.17. The minimum Gasteiger partial charge on any atom is -0.494 e. The number of nitrogens with one attached hydrogen (secondary N) is 1. The lowest BCUT2D eigenvalue weighted by molar-refractivity contribution is -0.118. The van der Waals surface area contributed by atoms with Crippen LogP contribution < -0.4 is 10.2 Å². The molecule has 0 radical (unpaired) electrons. The van der Waals surface area contributed by atoms with Gasteiger partial charge in [-0.2, -0.15) is 5.10 Å². The summed E-state index contributed by atoms with van der Waals surface area (Å²) in [6.45, 7) is 2.53. The summed E-state index contributed by atoms with van der Waals surface area (Å²) in [5.74, 6) is 1.28. The van der Waals surface area contributed by atoms with Crippen LogP contribution in [0.2, 0.25) is 5.02 Å². The van der Waals surface area contributed by atoms with Crippen molar-refractivity contribution in [1.82, 2.24) is 20.2 Å². The number of nitrogens with zero attached hydrogens (tertiary/aromatic N) is 4. The molecule has 10 heteroatoms. The van der Waals surface area contributed by atoms with Crippen LogP contribution in [0.4, 0.5) is 0 Å². The topological polar surface area (TPSA) is 81.4 Å². The van der Waals surface area contributed by atoms with Crippen molar-refractivity contribution in [2.24, 2.45) is 5.10 Å². The van der Waals surface area contributed by atoms with Crippen LogP contribution in [0.5, 0.6) is 5.75 Å². The van der Waals surface area contributed by atoms with E-state index in [1.54, 1.807) is 18.3 Å². The third-order valence-electron chi connectivity index (χ3n) is 4.75. The van der Waals surface area contributed by atoms with E-state index in [1.165, 1.54) is 11.8 Å². The molecule has 1 heterocycles. The van der Waals surface area contributed by atoms with Gasteiger partial charge in [0.1, 0.15) is 5.75 Å². The van der Waals surface area contributed by atoms with E-state index in [4.69, 9.17) is 16.3 Å². The summed E-state index contributed by atoms with van der Waals surface area (Å²) in [7, 11) is 0. The maximum atomic E-state index is 12.4. The lowest BCUT2D eigenvalue weighted by Gasteiger charge is -2.11. The highest BCUT2D eigenvalue weighted by atomic mass is 79.9. The summed E-state index contributed by atoms with van der Waals surface area (Å²) in [6.07, 6.45) is 1.59. The predicted octanol–water partition coefficient (Wildman–Crippen LogP) is 5.99. The van der Waals surface area contributed by atoms with Crippen LogP contribution in [-0.2, 0) is 4.79 Å². The molecular weight excluding hydrogens is 550 g/mol. The van der Waals surface area contributed by atoms with Gasteiger partial charge in [-0.25, -0.2) is 5.43 Å². The second-order valence-corrected chi connectivity index (χ2v) is 9.50. The monoisotopic (exact) mass is 569 g/mol. The molecule has 178 valence electrons. The first-order chi connectivity index (χ1) is 17.0. The number of hydrazone groups is 1. The number of carbonyl (C=O) groups is 1. The molecule has 1 aromatic heterocycles. The zero-order valence-corrected chi connectivity index (χ0v) is 21.8. The highest BCUT2D eigenvalue weighted by molar-refractivity contribution is 9.10. The normalized spacial score (nSPS) is 11.1. The van der Waals surface area contributed by atoms with Crippen molar-refractivity contribution >= 4 is 51.4 Å². The lowest BCUT2D eigenvalue weighted by Crippen LogP contribution is -2.20. The smallest absolute Gasteiger partial charge is 0.250 e. The van der Waals surface area contributed by atoms with E-state index in [0.717, 1.165) is 27.0 Å². The van der Waals surface area contributed by atoms with Crippen LogP contribution in [-0.4, -0.2) is 39.2 Å². The fourth-order valence-corrected chi connectivity index (χ4v) is 4.26. The van der Waals surface area contributed by atoms with Crippen molar-refractivity contribution in [1.29, 1.82) is 0 Å². The number of hydrogen-bond donors (Lipinski definition) is 1. The van der Waals surface area contributed by atoms with Crippen LogP contribution in [0.15, 0.2) is 87.5 Å². The quantitative estimate of drug-likeness (QED) is 0.152. The Labute approximate surface area is 220 Å². The molecule has 3 aromatic carbocycles. The molecule has 0 aliphatic rings. The first kappa shape index (κ1) is 25.0. The number of halogens is 2. The summed E-state index contributed by atoms with van der Waals surface area (Å²) in [5.41, 5.74) is 5.13. The Bertz CT molecular complexity index is 1310. The van der Waals surface area contributed by atoms with Gasteiger partial charge in [-0.05, 0) is 73.2 Å². The van der Waals surface area contributed by atoms with Crippen molar-refractivity contribution in [3.05, 3.63) is 87.9 Å². The molecular formula is C25H21BrClN5O2S. The van der Waals surface area contributed by atoms with Gasteiger partial charge in [0.2, 0.25) is 0 Å². The second-order valence-electron chi connectivity index (χ2n) is 7.21. The Balaban J connectivity index is 1.52. The molecule has 0 spiro atoms. The fraction of sp³-hybridized carbons (Fsp3) is 0.120. The Kier molecular flexibility index (Phi) is 8.57. The van der Waals surface area contributed by atoms with E-state index >= 15 is 0 Å². The van der Waals surface area contributed by atoms with Crippen LogP contribution in [0, 0.1) is 0 Å². The number of ether oxygens (including phenoxy) is 1. The van der Waals surface area contributed by atoms with Gasteiger partial charge in [-0.3, -0.25) is 9.36 Å². The van der Waals surface area contributed by atoms with E-state index in [-0.39, 0.29) is 11.7 Å². The third kappa shape index (κ3) is 6.72. The van der Waals surface area contributed by atoms with Gasteiger partial charge in [0.15, 0.2) is 11.0 Å². The Morgan fingerprint density at radius 2 is 1.80 bits per heavy atom. The van der Waals surface area contributed by atoms with E-state index in [9.17, 15) is 4.79 Å². The third-order valence-corrected chi connectivity index (χ3v) is 6.46. The summed E-state index contributed by atoms with van der Waals surface area (Å²) in [4.78, 5) is 12.4. The van der Waals surface area contributed by atoms with E-state index in [0.29, 0.717) is 22.6 Å². The minimum atomic E-state index is -0.252. The molecule has 4 aromatic rings. The molecule has 4 rings (SSSR count). The Morgan fingerprint density at radius 3 is 2.49 bits per heavy atom. The molecule has 0 aliphatic carbocycles. The number of hydrogen-bond acceptors (Lipinski definition) is 6.